The Kier molecular flexibility index (Phi) is 21.0. The predicted molar refractivity (Wildman–Crippen MR) is 142 cm³/mol. The van der Waals surface area contributed by atoms with Crippen LogP contribution in [0, 0.1) is 0 Å². The third-order valence-corrected chi connectivity index (χ3v) is 6.82. The predicted octanol–water partition coefficient (Wildman–Crippen LogP) is 5.36. The van der Waals surface area contributed by atoms with Gasteiger partial charge in [-0.05, 0) is 6.42 Å². The molecule has 0 aliphatic carbocycles. The number of phosphoric acid groups is 1. The molecule has 0 aliphatic rings. The van der Waals surface area contributed by atoms with Gasteiger partial charge in [0, 0.05) is 13.2 Å². The number of nitrogens with one attached hydrogen (secondary N) is 1. The average molecular weight is 525 g/mol. The van der Waals surface area contributed by atoms with Crippen molar-refractivity contribution in [3.05, 3.63) is 0 Å². The first-order chi connectivity index (χ1) is 16.6. The third-order valence-electron chi connectivity index (χ3n) is 5.75. The van der Waals surface area contributed by atoms with Gasteiger partial charge >= 0.3 is 13.9 Å². The molecule has 4 N–H and O–H groups in total. The molecule has 0 fully saturated rings. The fourth-order valence-corrected chi connectivity index (χ4v) is 4.49. The highest BCUT2D eigenvalue weighted by atomic mass is 31.2. The number of quaternary nitrogens is 1. The largest absolute Gasteiger partial charge is 0.472 e. The van der Waals surface area contributed by atoms with Crippen molar-refractivity contribution in [3.8, 4) is 0 Å². The summed E-state index contributed by atoms with van der Waals surface area (Å²) in [5.41, 5.74) is 5.11. The molecule has 0 aromatic rings. The summed E-state index contributed by atoms with van der Waals surface area (Å²) in [6.45, 7) is 3.46. The number of carbonyl (C=O) groups is 1. The van der Waals surface area contributed by atoms with Crippen molar-refractivity contribution < 1.29 is 32.5 Å². The second kappa shape index (κ2) is 21.4. The molecule has 0 saturated carbocycles. The van der Waals surface area contributed by atoms with Gasteiger partial charge in [0.1, 0.15) is 19.3 Å². The van der Waals surface area contributed by atoms with Crippen LogP contribution in [0.5, 0.6) is 0 Å². The maximum atomic E-state index is 12.2. The molecule has 2 unspecified atom stereocenters. The number of unbranched alkanes of at least 4 members (excludes halogenated alkanes) is 13. The molecule has 2 amide bonds. The molecule has 0 bridgehead atoms. The number of urea groups is 1. The number of nitrogens with two attached hydrogens (primary N) is 1. The molecule has 35 heavy (non-hydrogen) atoms. The first-order valence-corrected chi connectivity index (χ1v) is 15.1. The summed E-state index contributed by atoms with van der Waals surface area (Å²) in [6, 6.07) is -0.732. The van der Waals surface area contributed by atoms with Gasteiger partial charge in [0.05, 0.1) is 27.7 Å². The summed E-state index contributed by atoms with van der Waals surface area (Å²) >= 11 is 0. The Morgan fingerprint density at radius 1 is 0.886 bits per heavy atom. The molecule has 10 heteroatoms. The molecule has 0 rings (SSSR count). The fourth-order valence-electron chi connectivity index (χ4n) is 3.60. The Labute approximate surface area is 214 Å². The highest BCUT2D eigenvalue weighted by molar-refractivity contribution is 7.47. The standard InChI is InChI=1S/C25H54N3O6P/c1-5-6-7-8-9-10-11-12-13-14-15-16-17-18-20-32-23-24(22-27-25(26)29)34-35(30,31)33-21-19-28(2,3)4/h24H,5-23H2,1-4H3,(H3-,26,27,29,30,31)/p+1. The lowest BCUT2D eigenvalue weighted by Crippen LogP contribution is -2.39. The van der Waals surface area contributed by atoms with Gasteiger partial charge in [-0.1, -0.05) is 90.4 Å². The van der Waals surface area contributed by atoms with E-state index in [2.05, 4.69) is 12.2 Å². The van der Waals surface area contributed by atoms with E-state index in [1.54, 1.807) is 0 Å². The summed E-state index contributed by atoms with van der Waals surface area (Å²) in [5, 5.41) is 2.40. The molecule has 0 radical (unpaired) electrons. The van der Waals surface area contributed by atoms with E-state index in [1.807, 2.05) is 21.1 Å². The second-order valence-electron chi connectivity index (χ2n) is 10.5. The number of amides is 2. The van der Waals surface area contributed by atoms with Crippen LogP contribution in [0.15, 0.2) is 0 Å². The van der Waals surface area contributed by atoms with E-state index in [-0.39, 0.29) is 19.8 Å². The number of phosphoric ester groups is 1. The van der Waals surface area contributed by atoms with Crippen molar-refractivity contribution in [2.45, 2.75) is 103 Å². The zero-order valence-corrected chi connectivity index (χ0v) is 23.9. The van der Waals surface area contributed by atoms with E-state index in [1.165, 1.54) is 77.0 Å². The Balaban J connectivity index is 3.87. The van der Waals surface area contributed by atoms with Crippen LogP contribution in [0.3, 0.4) is 0 Å². The maximum absolute atomic E-state index is 12.2. The van der Waals surface area contributed by atoms with E-state index in [4.69, 9.17) is 19.5 Å². The number of carbonyl (C=O) groups excluding carboxylic acids is 1. The lowest BCUT2D eigenvalue weighted by Gasteiger charge is -2.25. The molecule has 0 heterocycles. The van der Waals surface area contributed by atoms with Gasteiger partial charge in [0.2, 0.25) is 0 Å². The van der Waals surface area contributed by atoms with Crippen molar-refractivity contribution >= 4 is 13.9 Å². The monoisotopic (exact) mass is 524 g/mol. The van der Waals surface area contributed by atoms with Gasteiger partial charge in [-0.25, -0.2) is 9.36 Å². The Morgan fingerprint density at radius 3 is 1.83 bits per heavy atom. The SMILES string of the molecule is CCCCCCCCCCCCCCCCOCC(CNC(N)=O)OP(=O)(O)OCC[N+](C)(C)C. The first-order valence-electron chi connectivity index (χ1n) is 13.6. The van der Waals surface area contributed by atoms with Crippen LogP contribution in [0.2, 0.25) is 0 Å². The number of nitrogens with zero attached hydrogens (tertiary/aromatic N) is 1. The van der Waals surface area contributed by atoms with Crippen molar-refractivity contribution in [1.82, 2.24) is 5.32 Å². The molecule has 0 aromatic heterocycles. The molecular formula is C25H55N3O6P+. The first kappa shape index (κ1) is 34.3. The summed E-state index contributed by atoms with van der Waals surface area (Å²) in [5.74, 6) is 0. The van der Waals surface area contributed by atoms with Gasteiger partial charge in [-0.15, -0.1) is 0 Å². The van der Waals surface area contributed by atoms with Crippen LogP contribution < -0.4 is 11.1 Å². The normalized spacial score (nSPS) is 14.5. The average Bonchev–Trinajstić information content (AvgIpc) is 2.75. The van der Waals surface area contributed by atoms with Crippen LogP contribution in [0.1, 0.15) is 96.8 Å². The highest BCUT2D eigenvalue weighted by Gasteiger charge is 2.28. The smallest absolute Gasteiger partial charge is 0.379 e. The number of rotatable bonds is 25. The zero-order chi connectivity index (χ0) is 26.4. The summed E-state index contributed by atoms with van der Waals surface area (Å²) in [4.78, 5) is 21.0. The minimum Gasteiger partial charge on any atom is -0.379 e. The van der Waals surface area contributed by atoms with E-state index in [0.717, 1.165) is 12.8 Å². The van der Waals surface area contributed by atoms with E-state index in [9.17, 15) is 14.3 Å². The van der Waals surface area contributed by atoms with Gasteiger partial charge in [0.15, 0.2) is 0 Å². The molecule has 0 aliphatic heterocycles. The van der Waals surface area contributed by atoms with Crippen molar-refractivity contribution in [3.63, 3.8) is 0 Å². The molecule has 9 nitrogen and oxygen atoms in total. The van der Waals surface area contributed by atoms with Gasteiger partial charge < -0.3 is 25.2 Å². The molecule has 0 aromatic carbocycles. The van der Waals surface area contributed by atoms with Gasteiger partial charge in [-0.2, -0.15) is 0 Å². The molecular weight excluding hydrogens is 469 g/mol. The zero-order valence-electron chi connectivity index (χ0n) is 23.0. The van der Waals surface area contributed by atoms with Gasteiger partial charge in [-0.3, -0.25) is 9.05 Å². The lowest BCUT2D eigenvalue weighted by atomic mass is 10.0. The topological polar surface area (TPSA) is 120 Å². The fraction of sp³-hybridized carbons (Fsp3) is 0.960. The lowest BCUT2D eigenvalue weighted by molar-refractivity contribution is -0.870. The second-order valence-corrected chi connectivity index (χ2v) is 11.9. The van der Waals surface area contributed by atoms with E-state index in [0.29, 0.717) is 17.6 Å². The number of primary amides is 1. The van der Waals surface area contributed by atoms with Crippen LogP contribution in [0.25, 0.3) is 0 Å². The Morgan fingerprint density at radius 2 is 1.37 bits per heavy atom. The number of ether oxygens (including phenoxy) is 1. The maximum Gasteiger partial charge on any atom is 0.472 e. The molecule has 0 spiro atoms. The number of likely N-dealkylation sites (N-methyl/N-ethyl adjacent to an activating group) is 1. The van der Waals surface area contributed by atoms with Crippen LogP contribution in [-0.2, 0) is 18.3 Å². The number of hydrogen-bond donors (Lipinski definition) is 3. The molecule has 210 valence electrons. The third kappa shape index (κ3) is 26.2. The Bertz CT molecular complexity index is 560. The van der Waals surface area contributed by atoms with Crippen LogP contribution in [0.4, 0.5) is 4.79 Å². The van der Waals surface area contributed by atoms with Crippen molar-refractivity contribution in [2.24, 2.45) is 5.73 Å². The van der Waals surface area contributed by atoms with E-state index < -0.39 is 20.0 Å². The van der Waals surface area contributed by atoms with Crippen LogP contribution >= 0.6 is 7.82 Å². The highest BCUT2D eigenvalue weighted by Crippen LogP contribution is 2.44. The van der Waals surface area contributed by atoms with E-state index >= 15 is 0 Å². The Hall–Kier alpha value is -0.700. The van der Waals surface area contributed by atoms with Crippen LogP contribution in [-0.4, -0.2) is 75.6 Å². The summed E-state index contributed by atoms with van der Waals surface area (Å²) in [6.07, 6.45) is 17.2. The van der Waals surface area contributed by atoms with Crippen molar-refractivity contribution in [1.29, 1.82) is 0 Å². The van der Waals surface area contributed by atoms with Gasteiger partial charge in [0.25, 0.3) is 0 Å². The quantitative estimate of drug-likeness (QED) is 0.0840. The molecule has 0 saturated heterocycles. The summed E-state index contributed by atoms with van der Waals surface area (Å²) < 4.78 is 28.7. The molecule has 2 atom stereocenters. The minimum atomic E-state index is -4.27. The number of hydrogen-bond acceptors (Lipinski definition) is 5. The van der Waals surface area contributed by atoms with Crippen molar-refractivity contribution in [2.75, 3.05) is 54.1 Å². The summed E-state index contributed by atoms with van der Waals surface area (Å²) in [7, 11) is 1.60. The minimum absolute atomic E-state index is 0.0304.